The lowest BCUT2D eigenvalue weighted by atomic mass is 10.0. The maximum atomic E-state index is 12.8. The fourth-order valence-corrected chi connectivity index (χ4v) is 4.18. The van der Waals surface area contributed by atoms with E-state index >= 15 is 0 Å². The molecular weight excluding hydrogens is 481 g/mol. The first-order valence-electron chi connectivity index (χ1n) is 12.3. The van der Waals surface area contributed by atoms with Crippen LogP contribution < -0.4 is 20.1 Å². The van der Waals surface area contributed by atoms with Gasteiger partial charge in [0, 0.05) is 56.8 Å². The molecule has 2 amide bonds. The summed E-state index contributed by atoms with van der Waals surface area (Å²) < 4.78 is 28.3. The summed E-state index contributed by atoms with van der Waals surface area (Å²) in [6, 6.07) is 12.3. The number of nitrogens with zero attached hydrogens (tertiary/aromatic N) is 3. The van der Waals surface area contributed by atoms with Crippen LogP contribution in [-0.4, -0.2) is 80.9 Å². The number of rotatable bonds is 10. The second-order valence-electron chi connectivity index (χ2n) is 8.67. The van der Waals surface area contributed by atoms with Gasteiger partial charge in [0.2, 0.25) is 12.8 Å². The molecule has 11 heteroatoms. The number of ether oxygens (including phenoxy) is 3. The number of methoxy groups -OCH3 is 1. The quantitative estimate of drug-likeness (QED) is 0.503. The third kappa shape index (κ3) is 7.40. The first kappa shape index (κ1) is 26.4. The standard InChI is InChI=1S/C26H32FN5O5/c1-35-23-8-4-20(16-24(23)37-18-27)22-7-9-25(33)32(30-22)17-19-2-5-21(6-3-19)29-26(34)36-15-14-31-12-10-28-11-13-31/h2-6,8,16,28H,7,9-15,17-18H2,1H3,(H,29,34). The number of hydrazone groups is 1. The molecule has 0 bridgehead atoms. The zero-order valence-electron chi connectivity index (χ0n) is 20.9. The van der Waals surface area contributed by atoms with E-state index in [2.05, 4.69) is 20.6 Å². The predicted molar refractivity (Wildman–Crippen MR) is 137 cm³/mol. The molecule has 1 saturated heterocycles. The minimum absolute atomic E-state index is 0.0900. The van der Waals surface area contributed by atoms with E-state index in [9.17, 15) is 14.0 Å². The Hall–Kier alpha value is -3.70. The van der Waals surface area contributed by atoms with Crippen LogP contribution in [0.25, 0.3) is 0 Å². The molecule has 0 radical (unpaired) electrons. The van der Waals surface area contributed by atoms with Gasteiger partial charge in [-0.15, -0.1) is 0 Å². The van der Waals surface area contributed by atoms with Crippen molar-refractivity contribution in [3.8, 4) is 11.5 Å². The average Bonchev–Trinajstić information content (AvgIpc) is 2.92. The maximum absolute atomic E-state index is 12.8. The highest BCUT2D eigenvalue weighted by Crippen LogP contribution is 2.30. The van der Waals surface area contributed by atoms with E-state index in [0.29, 0.717) is 43.1 Å². The van der Waals surface area contributed by atoms with Crippen molar-refractivity contribution in [2.75, 3.05) is 58.6 Å². The summed E-state index contributed by atoms with van der Waals surface area (Å²) in [6.45, 7) is 4.15. The van der Waals surface area contributed by atoms with Crippen LogP contribution in [0.5, 0.6) is 11.5 Å². The van der Waals surface area contributed by atoms with Crippen LogP contribution in [0.3, 0.4) is 0 Å². The van der Waals surface area contributed by atoms with Crippen LogP contribution in [0.15, 0.2) is 47.6 Å². The fraction of sp³-hybridized carbons (Fsp3) is 0.423. The monoisotopic (exact) mass is 513 g/mol. The fourth-order valence-electron chi connectivity index (χ4n) is 4.18. The number of hydrogen-bond donors (Lipinski definition) is 2. The number of amides is 2. The SMILES string of the molecule is COc1ccc(C2=NN(Cc3ccc(NC(=O)OCCN4CCNCC4)cc3)C(=O)CC2)cc1OCF. The highest BCUT2D eigenvalue weighted by atomic mass is 19.1. The number of piperazine rings is 1. The van der Waals surface area contributed by atoms with Gasteiger partial charge in [0.05, 0.1) is 19.4 Å². The zero-order chi connectivity index (χ0) is 26.0. The van der Waals surface area contributed by atoms with Gasteiger partial charge in [-0.25, -0.2) is 14.2 Å². The third-order valence-electron chi connectivity index (χ3n) is 6.19. The largest absolute Gasteiger partial charge is 0.493 e. The van der Waals surface area contributed by atoms with Gasteiger partial charge >= 0.3 is 6.09 Å². The highest BCUT2D eigenvalue weighted by Gasteiger charge is 2.22. The number of carbonyl (C=O) groups excluding carboxylic acids is 2. The predicted octanol–water partition coefficient (Wildman–Crippen LogP) is 2.98. The van der Waals surface area contributed by atoms with Gasteiger partial charge in [0.1, 0.15) is 6.61 Å². The number of hydrogen-bond acceptors (Lipinski definition) is 8. The van der Waals surface area contributed by atoms with Crippen molar-refractivity contribution in [2.24, 2.45) is 5.10 Å². The number of carbonyl (C=O) groups is 2. The molecule has 2 heterocycles. The van der Waals surface area contributed by atoms with Gasteiger partial charge in [0.15, 0.2) is 11.5 Å². The summed E-state index contributed by atoms with van der Waals surface area (Å²) in [5.74, 6) is 0.606. The minimum atomic E-state index is -0.976. The molecule has 4 rings (SSSR count). The Bertz CT molecular complexity index is 1110. The second kappa shape index (κ2) is 13.0. The van der Waals surface area contributed by atoms with Crippen LogP contribution in [0.4, 0.5) is 14.9 Å². The van der Waals surface area contributed by atoms with E-state index in [1.165, 1.54) is 12.1 Å². The number of nitrogens with one attached hydrogen (secondary N) is 2. The molecule has 2 aromatic rings. The summed E-state index contributed by atoms with van der Waals surface area (Å²) in [5.41, 5.74) is 2.89. The summed E-state index contributed by atoms with van der Waals surface area (Å²) in [5, 5.41) is 12.0. The van der Waals surface area contributed by atoms with Gasteiger partial charge in [-0.3, -0.25) is 15.0 Å². The minimum Gasteiger partial charge on any atom is -0.493 e. The molecule has 2 aliphatic heterocycles. The molecule has 0 aromatic heterocycles. The molecule has 198 valence electrons. The van der Waals surface area contributed by atoms with E-state index < -0.39 is 13.0 Å². The van der Waals surface area contributed by atoms with Gasteiger partial charge in [0.25, 0.3) is 0 Å². The van der Waals surface area contributed by atoms with Crippen molar-refractivity contribution in [3.63, 3.8) is 0 Å². The van der Waals surface area contributed by atoms with Crippen LogP contribution in [0.1, 0.15) is 24.0 Å². The van der Waals surface area contributed by atoms with E-state index in [1.807, 2.05) is 12.1 Å². The highest BCUT2D eigenvalue weighted by molar-refractivity contribution is 6.04. The lowest BCUT2D eigenvalue weighted by Crippen LogP contribution is -2.44. The molecule has 0 aliphatic carbocycles. The van der Waals surface area contributed by atoms with E-state index in [-0.39, 0.29) is 18.2 Å². The first-order valence-corrected chi connectivity index (χ1v) is 12.3. The van der Waals surface area contributed by atoms with Crippen LogP contribution >= 0.6 is 0 Å². The Labute approximate surface area is 215 Å². The zero-order valence-corrected chi connectivity index (χ0v) is 20.9. The molecule has 2 aromatic carbocycles. The Morgan fingerprint density at radius 3 is 2.62 bits per heavy atom. The van der Waals surface area contributed by atoms with E-state index in [0.717, 1.165) is 37.3 Å². The van der Waals surface area contributed by atoms with Gasteiger partial charge in [-0.2, -0.15) is 5.10 Å². The molecular formula is C26H32FN5O5. The number of benzene rings is 2. The number of anilines is 1. The van der Waals surface area contributed by atoms with Gasteiger partial charge < -0.3 is 19.5 Å². The number of halogens is 1. The summed E-state index contributed by atoms with van der Waals surface area (Å²) >= 11 is 0. The lowest BCUT2D eigenvalue weighted by Gasteiger charge is -2.26. The first-order chi connectivity index (χ1) is 18.1. The summed E-state index contributed by atoms with van der Waals surface area (Å²) in [7, 11) is 1.48. The van der Waals surface area contributed by atoms with Crippen molar-refractivity contribution in [3.05, 3.63) is 53.6 Å². The molecule has 1 fully saturated rings. The van der Waals surface area contributed by atoms with Crippen molar-refractivity contribution in [2.45, 2.75) is 19.4 Å². The lowest BCUT2D eigenvalue weighted by molar-refractivity contribution is -0.132. The Balaban J connectivity index is 1.32. The summed E-state index contributed by atoms with van der Waals surface area (Å²) in [6.07, 6.45) is 0.277. The van der Waals surface area contributed by atoms with Crippen molar-refractivity contribution < 1.29 is 28.2 Å². The van der Waals surface area contributed by atoms with Crippen molar-refractivity contribution in [1.29, 1.82) is 0 Å². The molecule has 0 spiro atoms. The Kier molecular flexibility index (Phi) is 9.28. The smallest absolute Gasteiger partial charge is 0.411 e. The van der Waals surface area contributed by atoms with Gasteiger partial charge in [-0.05, 0) is 35.9 Å². The summed E-state index contributed by atoms with van der Waals surface area (Å²) in [4.78, 5) is 26.9. The molecule has 0 atom stereocenters. The average molecular weight is 514 g/mol. The van der Waals surface area contributed by atoms with Crippen LogP contribution in [0, 0.1) is 0 Å². The second-order valence-corrected chi connectivity index (χ2v) is 8.67. The van der Waals surface area contributed by atoms with Crippen molar-refractivity contribution >= 4 is 23.4 Å². The van der Waals surface area contributed by atoms with E-state index in [1.54, 1.807) is 30.3 Å². The Morgan fingerprint density at radius 2 is 1.89 bits per heavy atom. The normalized spacial score (nSPS) is 16.2. The Morgan fingerprint density at radius 1 is 1.11 bits per heavy atom. The molecule has 0 saturated carbocycles. The third-order valence-corrected chi connectivity index (χ3v) is 6.19. The van der Waals surface area contributed by atoms with E-state index in [4.69, 9.17) is 14.2 Å². The van der Waals surface area contributed by atoms with Crippen LogP contribution in [-0.2, 0) is 16.1 Å². The van der Waals surface area contributed by atoms with Gasteiger partial charge in [-0.1, -0.05) is 12.1 Å². The molecule has 37 heavy (non-hydrogen) atoms. The van der Waals surface area contributed by atoms with Crippen molar-refractivity contribution in [1.82, 2.24) is 15.2 Å². The molecule has 2 aliphatic rings. The topological polar surface area (TPSA) is 105 Å². The molecule has 2 N–H and O–H groups in total. The molecule has 10 nitrogen and oxygen atoms in total. The van der Waals surface area contributed by atoms with Crippen LogP contribution in [0.2, 0.25) is 0 Å². The number of alkyl halides is 1. The maximum Gasteiger partial charge on any atom is 0.411 e. The molecule has 0 unspecified atom stereocenters.